The SMILES string of the molecule is CCCOc1ccc(C=C(NC(=O)c2ccccc2)C(=O)N/N=C/c2c(O)ccc3ccccc23)cc1. The van der Waals surface area contributed by atoms with E-state index in [4.69, 9.17) is 4.74 Å². The van der Waals surface area contributed by atoms with Gasteiger partial charge in [-0.15, -0.1) is 0 Å². The number of aromatic hydroxyl groups is 1. The summed E-state index contributed by atoms with van der Waals surface area (Å²) in [5.41, 5.74) is 4.04. The molecule has 4 aromatic rings. The summed E-state index contributed by atoms with van der Waals surface area (Å²) in [5.74, 6) is -0.291. The number of carbonyl (C=O) groups excluding carboxylic acids is 2. The number of phenols is 1. The Morgan fingerprint density at radius 1 is 0.919 bits per heavy atom. The van der Waals surface area contributed by atoms with Crippen LogP contribution in [0.3, 0.4) is 0 Å². The highest BCUT2D eigenvalue weighted by Crippen LogP contribution is 2.25. The summed E-state index contributed by atoms with van der Waals surface area (Å²) < 4.78 is 5.61. The summed E-state index contributed by atoms with van der Waals surface area (Å²) in [5, 5.41) is 18.8. The van der Waals surface area contributed by atoms with Gasteiger partial charge < -0.3 is 15.2 Å². The summed E-state index contributed by atoms with van der Waals surface area (Å²) >= 11 is 0. The van der Waals surface area contributed by atoms with Crippen LogP contribution in [0.4, 0.5) is 0 Å². The van der Waals surface area contributed by atoms with E-state index in [-0.39, 0.29) is 11.4 Å². The van der Waals surface area contributed by atoms with Crippen molar-refractivity contribution in [2.75, 3.05) is 6.61 Å². The van der Waals surface area contributed by atoms with Gasteiger partial charge in [0.25, 0.3) is 11.8 Å². The molecule has 7 heteroatoms. The van der Waals surface area contributed by atoms with Gasteiger partial charge in [0.15, 0.2) is 0 Å². The Kier molecular flexibility index (Phi) is 8.29. The summed E-state index contributed by atoms with van der Waals surface area (Å²) in [6.07, 6.45) is 3.84. The molecule has 0 saturated heterocycles. The van der Waals surface area contributed by atoms with Gasteiger partial charge in [-0.1, -0.05) is 67.6 Å². The molecule has 186 valence electrons. The van der Waals surface area contributed by atoms with E-state index in [1.54, 1.807) is 72.8 Å². The number of nitrogens with one attached hydrogen (secondary N) is 2. The molecule has 0 aliphatic carbocycles. The molecule has 0 saturated carbocycles. The van der Waals surface area contributed by atoms with Crippen LogP contribution in [0.25, 0.3) is 16.8 Å². The van der Waals surface area contributed by atoms with Gasteiger partial charge >= 0.3 is 0 Å². The fraction of sp³-hybridized carbons (Fsp3) is 0.100. The lowest BCUT2D eigenvalue weighted by atomic mass is 10.0. The first-order valence-corrected chi connectivity index (χ1v) is 11.9. The van der Waals surface area contributed by atoms with Crippen LogP contribution in [0, 0.1) is 0 Å². The normalized spacial score (nSPS) is 11.4. The lowest BCUT2D eigenvalue weighted by molar-refractivity contribution is -0.117. The first-order chi connectivity index (χ1) is 18.0. The number of carbonyl (C=O) groups is 2. The molecule has 7 nitrogen and oxygen atoms in total. The van der Waals surface area contributed by atoms with E-state index in [0.29, 0.717) is 23.3 Å². The third-order valence-electron chi connectivity index (χ3n) is 5.50. The van der Waals surface area contributed by atoms with Crippen LogP contribution in [0.5, 0.6) is 11.5 Å². The standard InChI is InChI=1S/C30H27N3O4/c1-2-18-37-24-15-12-21(13-16-24)19-27(32-29(35)23-9-4-3-5-10-23)30(36)33-31-20-26-25-11-7-6-8-22(25)14-17-28(26)34/h3-17,19-20,34H,2,18H2,1H3,(H,32,35)(H,33,36)/b27-19?,31-20+. The molecule has 0 atom stereocenters. The van der Waals surface area contributed by atoms with Crippen molar-refractivity contribution >= 4 is 34.9 Å². The zero-order chi connectivity index (χ0) is 26.0. The predicted molar refractivity (Wildman–Crippen MR) is 145 cm³/mol. The second-order valence-electron chi connectivity index (χ2n) is 8.21. The van der Waals surface area contributed by atoms with Crippen molar-refractivity contribution in [2.45, 2.75) is 13.3 Å². The van der Waals surface area contributed by atoms with Gasteiger partial charge in [-0.3, -0.25) is 9.59 Å². The molecule has 37 heavy (non-hydrogen) atoms. The Morgan fingerprint density at radius 3 is 2.41 bits per heavy atom. The number of hydrazone groups is 1. The van der Waals surface area contributed by atoms with Gasteiger partial charge in [-0.05, 0) is 59.2 Å². The first kappa shape index (κ1) is 25.2. The van der Waals surface area contributed by atoms with E-state index < -0.39 is 11.8 Å². The van der Waals surface area contributed by atoms with Crippen molar-refractivity contribution < 1.29 is 19.4 Å². The Bertz CT molecular complexity index is 1450. The number of ether oxygens (including phenoxy) is 1. The van der Waals surface area contributed by atoms with Gasteiger partial charge in [0.2, 0.25) is 0 Å². The minimum Gasteiger partial charge on any atom is -0.507 e. The number of amides is 2. The number of phenolic OH excluding ortho intramolecular Hbond substituents is 1. The number of hydrogen-bond donors (Lipinski definition) is 3. The third-order valence-corrected chi connectivity index (χ3v) is 5.50. The van der Waals surface area contributed by atoms with Crippen molar-refractivity contribution in [3.63, 3.8) is 0 Å². The lowest BCUT2D eigenvalue weighted by Crippen LogP contribution is -2.32. The maximum atomic E-state index is 13.1. The summed E-state index contributed by atoms with van der Waals surface area (Å²) in [6.45, 7) is 2.64. The first-order valence-electron chi connectivity index (χ1n) is 11.9. The second kappa shape index (κ2) is 12.2. The topological polar surface area (TPSA) is 100 Å². The van der Waals surface area contributed by atoms with E-state index in [1.807, 2.05) is 31.2 Å². The van der Waals surface area contributed by atoms with Gasteiger partial charge in [0, 0.05) is 11.1 Å². The zero-order valence-corrected chi connectivity index (χ0v) is 20.3. The van der Waals surface area contributed by atoms with E-state index in [2.05, 4.69) is 15.8 Å². The number of benzene rings is 4. The summed E-state index contributed by atoms with van der Waals surface area (Å²) in [7, 11) is 0. The van der Waals surface area contributed by atoms with Crippen molar-refractivity contribution in [1.82, 2.24) is 10.7 Å². The maximum Gasteiger partial charge on any atom is 0.287 e. The molecule has 0 unspecified atom stereocenters. The smallest absolute Gasteiger partial charge is 0.287 e. The quantitative estimate of drug-likeness (QED) is 0.168. The molecule has 0 heterocycles. The molecule has 0 aromatic heterocycles. The number of fused-ring (bicyclic) bond motifs is 1. The average Bonchev–Trinajstić information content (AvgIpc) is 2.93. The highest BCUT2D eigenvalue weighted by atomic mass is 16.5. The van der Waals surface area contributed by atoms with E-state index in [0.717, 1.165) is 22.9 Å². The minimum absolute atomic E-state index is 0.00960. The van der Waals surface area contributed by atoms with Crippen LogP contribution < -0.4 is 15.5 Å². The van der Waals surface area contributed by atoms with Gasteiger partial charge in [-0.25, -0.2) is 5.43 Å². The van der Waals surface area contributed by atoms with Gasteiger partial charge in [0.05, 0.1) is 12.8 Å². The fourth-order valence-electron chi connectivity index (χ4n) is 3.62. The molecule has 3 N–H and O–H groups in total. The molecular formula is C30H27N3O4. The average molecular weight is 494 g/mol. The molecular weight excluding hydrogens is 466 g/mol. The number of nitrogens with zero attached hydrogens (tertiary/aromatic N) is 1. The molecule has 0 radical (unpaired) electrons. The van der Waals surface area contributed by atoms with Crippen LogP contribution in [-0.2, 0) is 4.79 Å². The minimum atomic E-state index is -0.619. The highest BCUT2D eigenvalue weighted by Gasteiger charge is 2.14. The highest BCUT2D eigenvalue weighted by molar-refractivity contribution is 6.06. The van der Waals surface area contributed by atoms with E-state index in [9.17, 15) is 14.7 Å². The van der Waals surface area contributed by atoms with Crippen molar-refractivity contribution in [3.8, 4) is 11.5 Å². The number of hydrogen-bond acceptors (Lipinski definition) is 5. The van der Waals surface area contributed by atoms with Gasteiger partial charge in [0.1, 0.15) is 17.2 Å². The van der Waals surface area contributed by atoms with Crippen LogP contribution in [-0.4, -0.2) is 29.7 Å². The summed E-state index contributed by atoms with van der Waals surface area (Å²) in [6, 6.07) is 26.7. The Morgan fingerprint density at radius 2 is 1.65 bits per heavy atom. The molecule has 0 spiro atoms. The molecule has 0 aliphatic heterocycles. The van der Waals surface area contributed by atoms with Crippen LogP contribution in [0.15, 0.2) is 102 Å². The van der Waals surface area contributed by atoms with Crippen LogP contribution >= 0.6 is 0 Å². The Balaban J connectivity index is 1.57. The molecule has 0 aliphatic rings. The molecule has 0 fully saturated rings. The predicted octanol–water partition coefficient (Wildman–Crippen LogP) is 5.26. The maximum absolute atomic E-state index is 13.1. The van der Waals surface area contributed by atoms with E-state index >= 15 is 0 Å². The second-order valence-corrected chi connectivity index (χ2v) is 8.21. The van der Waals surface area contributed by atoms with Crippen LogP contribution in [0.1, 0.15) is 34.8 Å². The monoisotopic (exact) mass is 493 g/mol. The molecule has 0 bridgehead atoms. The Hall–Kier alpha value is -4.91. The molecule has 4 rings (SSSR count). The van der Waals surface area contributed by atoms with Crippen molar-refractivity contribution in [3.05, 3.63) is 113 Å². The lowest BCUT2D eigenvalue weighted by Gasteiger charge is -2.10. The largest absolute Gasteiger partial charge is 0.507 e. The van der Waals surface area contributed by atoms with Crippen LogP contribution in [0.2, 0.25) is 0 Å². The third kappa shape index (κ3) is 6.61. The van der Waals surface area contributed by atoms with E-state index in [1.165, 1.54) is 6.21 Å². The molecule has 4 aromatic carbocycles. The van der Waals surface area contributed by atoms with Crippen molar-refractivity contribution in [1.29, 1.82) is 0 Å². The van der Waals surface area contributed by atoms with Crippen molar-refractivity contribution in [2.24, 2.45) is 5.10 Å². The molecule has 2 amide bonds. The van der Waals surface area contributed by atoms with Gasteiger partial charge in [-0.2, -0.15) is 5.10 Å². The fourth-order valence-corrected chi connectivity index (χ4v) is 3.62. The Labute approximate surface area is 215 Å². The number of rotatable bonds is 9. The summed E-state index contributed by atoms with van der Waals surface area (Å²) in [4.78, 5) is 25.9. The zero-order valence-electron chi connectivity index (χ0n) is 20.3.